The summed E-state index contributed by atoms with van der Waals surface area (Å²) >= 11 is 1.62. The van der Waals surface area contributed by atoms with Gasteiger partial charge in [0.05, 0.1) is 5.56 Å². The van der Waals surface area contributed by atoms with Crippen LogP contribution in [0.3, 0.4) is 0 Å². The highest BCUT2D eigenvalue weighted by Gasteiger charge is 2.17. The molecule has 0 bridgehead atoms. The lowest BCUT2D eigenvalue weighted by atomic mass is 10.0. The molecule has 0 spiro atoms. The zero-order valence-electron chi connectivity index (χ0n) is 9.88. The van der Waals surface area contributed by atoms with Crippen molar-refractivity contribution in [2.24, 2.45) is 0 Å². The number of aromatic nitrogens is 1. The molecule has 18 heavy (non-hydrogen) atoms. The normalized spacial score (nSPS) is 10.7. The summed E-state index contributed by atoms with van der Waals surface area (Å²) in [7, 11) is 0. The van der Waals surface area contributed by atoms with E-state index >= 15 is 0 Å². The third-order valence-electron chi connectivity index (χ3n) is 2.81. The Labute approximate surface area is 109 Å². The number of anilines is 1. The van der Waals surface area contributed by atoms with Gasteiger partial charge in [-0.2, -0.15) is 11.3 Å². The van der Waals surface area contributed by atoms with Crippen molar-refractivity contribution in [2.45, 2.75) is 6.92 Å². The van der Waals surface area contributed by atoms with E-state index in [4.69, 9.17) is 10.3 Å². The average molecular weight is 256 g/mol. The fraction of sp³-hybridized carbons (Fsp3) is 0.0714. The third-order valence-corrected chi connectivity index (χ3v) is 3.49. The second-order valence-corrected chi connectivity index (χ2v) is 4.93. The van der Waals surface area contributed by atoms with Gasteiger partial charge in [-0.05, 0) is 23.9 Å². The highest BCUT2D eigenvalue weighted by atomic mass is 32.1. The van der Waals surface area contributed by atoms with Crippen molar-refractivity contribution >= 4 is 17.2 Å². The van der Waals surface area contributed by atoms with E-state index in [9.17, 15) is 0 Å². The smallest absolute Gasteiger partial charge is 0.177 e. The van der Waals surface area contributed by atoms with E-state index in [0.29, 0.717) is 5.82 Å². The van der Waals surface area contributed by atoms with Gasteiger partial charge < -0.3 is 10.3 Å². The molecule has 0 aliphatic rings. The molecule has 0 unspecified atom stereocenters. The standard InChI is InChI=1S/C14H12N2OS/c1-9-3-2-4-10(7-9)12-13(17-16-14(12)15)11-5-6-18-8-11/h2-8H,1H3,(H2,15,16). The molecule has 0 aliphatic carbocycles. The predicted octanol–water partition coefficient (Wildman–Crippen LogP) is 3.96. The van der Waals surface area contributed by atoms with Gasteiger partial charge in [-0.15, -0.1) is 0 Å². The Kier molecular flexibility index (Phi) is 2.64. The van der Waals surface area contributed by atoms with Crippen molar-refractivity contribution in [3.8, 4) is 22.5 Å². The lowest BCUT2D eigenvalue weighted by Crippen LogP contribution is -1.88. The number of thiophene rings is 1. The summed E-state index contributed by atoms with van der Waals surface area (Å²) in [5.41, 5.74) is 10.0. The number of hydrogen-bond acceptors (Lipinski definition) is 4. The second kappa shape index (κ2) is 4.31. The van der Waals surface area contributed by atoms with E-state index in [-0.39, 0.29) is 0 Å². The monoisotopic (exact) mass is 256 g/mol. The number of aryl methyl sites for hydroxylation is 1. The molecule has 0 saturated carbocycles. The zero-order valence-corrected chi connectivity index (χ0v) is 10.7. The van der Waals surface area contributed by atoms with Gasteiger partial charge in [-0.25, -0.2) is 0 Å². The molecule has 1 aromatic carbocycles. The Balaban J connectivity index is 2.20. The molecule has 2 heterocycles. The lowest BCUT2D eigenvalue weighted by molar-refractivity contribution is 0.436. The molecule has 0 aliphatic heterocycles. The van der Waals surface area contributed by atoms with E-state index in [2.05, 4.69) is 24.2 Å². The summed E-state index contributed by atoms with van der Waals surface area (Å²) < 4.78 is 5.37. The topological polar surface area (TPSA) is 52.0 Å². The molecule has 0 radical (unpaired) electrons. The molecule has 3 nitrogen and oxygen atoms in total. The largest absolute Gasteiger partial charge is 0.380 e. The highest BCUT2D eigenvalue weighted by Crippen LogP contribution is 2.37. The predicted molar refractivity (Wildman–Crippen MR) is 74.4 cm³/mol. The lowest BCUT2D eigenvalue weighted by Gasteiger charge is -2.02. The Morgan fingerprint density at radius 1 is 1.22 bits per heavy atom. The Bertz CT molecular complexity index is 671. The molecule has 0 fully saturated rings. The summed E-state index contributed by atoms with van der Waals surface area (Å²) in [4.78, 5) is 0. The van der Waals surface area contributed by atoms with Gasteiger partial charge >= 0.3 is 0 Å². The minimum absolute atomic E-state index is 0.432. The highest BCUT2D eigenvalue weighted by molar-refractivity contribution is 7.08. The number of nitrogen functional groups attached to an aromatic ring is 1. The molecular formula is C14H12N2OS. The number of benzene rings is 1. The first-order valence-corrected chi connectivity index (χ1v) is 6.55. The van der Waals surface area contributed by atoms with E-state index in [1.54, 1.807) is 11.3 Å². The van der Waals surface area contributed by atoms with Crippen LogP contribution in [0, 0.1) is 6.92 Å². The van der Waals surface area contributed by atoms with Crippen molar-refractivity contribution in [3.05, 3.63) is 46.7 Å². The van der Waals surface area contributed by atoms with Crippen molar-refractivity contribution < 1.29 is 4.52 Å². The van der Waals surface area contributed by atoms with Crippen LogP contribution in [0.5, 0.6) is 0 Å². The van der Waals surface area contributed by atoms with E-state index in [1.165, 1.54) is 5.56 Å². The quantitative estimate of drug-likeness (QED) is 0.755. The van der Waals surface area contributed by atoms with Crippen LogP contribution >= 0.6 is 11.3 Å². The van der Waals surface area contributed by atoms with E-state index in [0.717, 1.165) is 22.5 Å². The van der Waals surface area contributed by atoms with Crippen molar-refractivity contribution in [1.82, 2.24) is 5.16 Å². The van der Waals surface area contributed by atoms with Crippen LogP contribution in [-0.4, -0.2) is 5.16 Å². The van der Waals surface area contributed by atoms with E-state index in [1.807, 2.05) is 29.0 Å². The van der Waals surface area contributed by atoms with Crippen LogP contribution in [0.1, 0.15) is 5.56 Å². The van der Waals surface area contributed by atoms with E-state index < -0.39 is 0 Å². The minimum Gasteiger partial charge on any atom is -0.380 e. The van der Waals surface area contributed by atoms with Crippen molar-refractivity contribution in [2.75, 3.05) is 5.73 Å². The van der Waals surface area contributed by atoms with Gasteiger partial charge in [-0.3, -0.25) is 0 Å². The summed E-state index contributed by atoms with van der Waals surface area (Å²) in [5, 5.41) is 7.92. The summed E-state index contributed by atoms with van der Waals surface area (Å²) in [5.74, 6) is 1.17. The molecule has 0 saturated heterocycles. The number of nitrogens with two attached hydrogens (primary N) is 1. The average Bonchev–Trinajstić information content (AvgIpc) is 2.97. The molecule has 90 valence electrons. The first-order chi connectivity index (χ1) is 8.75. The van der Waals surface area contributed by atoms with Gasteiger partial charge in [0.1, 0.15) is 0 Å². The van der Waals surface area contributed by atoms with Crippen LogP contribution in [0.15, 0.2) is 45.6 Å². The van der Waals surface area contributed by atoms with Gasteiger partial charge in [0, 0.05) is 10.9 Å². The molecule has 3 rings (SSSR count). The molecule has 2 aromatic heterocycles. The van der Waals surface area contributed by atoms with Gasteiger partial charge in [-0.1, -0.05) is 35.0 Å². The van der Waals surface area contributed by atoms with Crippen LogP contribution in [0.25, 0.3) is 22.5 Å². The van der Waals surface area contributed by atoms with Crippen molar-refractivity contribution in [1.29, 1.82) is 0 Å². The molecule has 4 heteroatoms. The van der Waals surface area contributed by atoms with Crippen LogP contribution in [0.4, 0.5) is 5.82 Å². The Morgan fingerprint density at radius 3 is 2.83 bits per heavy atom. The molecular weight excluding hydrogens is 244 g/mol. The summed E-state index contributed by atoms with van der Waals surface area (Å²) in [6.45, 7) is 2.05. The first kappa shape index (κ1) is 11.0. The van der Waals surface area contributed by atoms with Gasteiger partial charge in [0.2, 0.25) is 0 Å². The molecule has 3 aromatic rings. The van der Waals surface area contributed by atoms with Gasteiger partial charge in [0.25, 0.3) is 0 Å². The van der Waals surface area contributed by atoms with Crippen molar-refractivity contribution in [3.63, 3.8) is 0 Å². The number of rotatable bonds is 2. The molecule has 2 N–H and O–H groups in total. The Morgan fingerprint density at radius 2 is 2.11 bits per heavy atom. The number of hydrogen-bond donors (Lipinski definition) is 1. The van der Waals surface area contributed by atoms with Crippen LogP contribution in [-0.2, 0) is 0 Å². The summed E-state index contributed by atoms with van der Waals surface area (Å²) in [6, 6.07) is 10.2. The SMILES string of the molecule is Cc1cccc(-c2c(N)noc2-c2ccsc2)c1. The second-order valence-electron chi connectivity index (χ2n) is 4.15. The molecule has 0 amide bonds. The molecule has 0 atom stereocenters. The van der Waals surface area contributed by atoms with Crippen LogP contribution in [0.2, 0.25) is 0 Å². The first-order valence-electron chi connectivity index (χ1n) is 5.60. The van der Waals surface area contributed by atoms with Gasteiger partial charge in [0.15, 0.2) is 11.6 Å². The fourth-order valence-electron chi connectivity index (χ4n) is 1.97. The maximum Gasteiger partial charge on any atom is 0.177 e. The summed E-state index contributed by atoms with van der Waals surface area (Å²) in [6.07, 6.45) is 0. The third kappa shape index (κ3) is 1.80. The maximum atomic E-state index is 5.93. The minimum atomic E-state index is 0.432. The maximum absolute atomic E-state index is 5.93. The number of nitrogens with zero attached hydrogens (tertiary/aromatic N) is 1. The van der Waals surface area contributed by atoms with Crippen LogP contribution < -0.4 is 5.73 Å². The zero-order chi connectivity index (χ0) is 12.5. The Hall–Kier alpha value is -2.07. The fourth-order valence-corrected chi connectivity index (χ4v) is 2.61.